The Kier molecular flexibility index (Phi) is 4.16. The Morgan fingerprint density at radius 1 is 1.00 bits per heavy atom. The van der Waals surface area contributed by atoms with Crippen molar-refractivity contribution in [3.8, 4) is 28.1 Å². The number of benzene rings is 2. The topological polar surface area (TPSA) is 79.4 Å². The molecule has 0 aliphatic heterocycles. The lowest BCUT2D eigenvalue weighted by Gasteiger charge is -2.09. The molecule has 3 rings (SSSR count). The number of nitrogens with one attached hydrogen (secondary N) is 1. The first-order valence-corrected chi connectivity index (χ1v) is 7.30. The molecule has 0 aliphatic rings. The number of ether oxygens (including phenoxy) is 1. The van der Waals surface area contributed by atoms with E-state index in [0.717, 1.165) is 5.56 Å². The van der Waals surface area contributed by atoms with Gasteiger partial charge in [0.05, 0.1) is 12.7 Å². The van der Waals surface area contributed by atoms with Crippen molar-refractivity contribution < 1.29 is 14.6 Å². The van der Waals surface area contributed by atoms with Crippen molar-refractivity contribution in [1.29, 1.82) is 0 Å². The van der Waals surface area contributed by atoms with Crippen molar-refractivity contribution in [3.05, 3.63) is 76.6 Å². The normalized spacial score (nSPS) is 10.4. The third-order valence-electron chi connectivity index (χ3n) is 3.70. The number of aromatic carboxylic acids is 1. The Labute approximate surface area is 138 Å². The van der Waals surface area contributed by atoms with Gasteiger partial charge in [-0.2, -0.15) is 0 Å². The number of hydrogen-bond donors (Lipinski definition) is 2. The third-order valence-corrected chi connectivity index (χ3v) is 3.70. The number of aromatic nitrogens is 1. The number of aromatic amines is 1. The van der Waals surface area contributed by atoms with E-state index in [1.165, 1.54) is 12.1 Å². The van der Waals surface area contributed by atoms with E-state index in [-0.39, 0.29) is 11.1 Å². The zero-order valence-electron chi connectivity index (χ0n) is 12.9. The maximum Gasteiger partial charge on any atom is 0.336 e. The molecule has 0 bridgehead atoms. The molecule has 0 saturated carbocycles. The summed E-state index contributed by atoms with van der Waals surface area (Å²) in [4.78, 5) is 26.2. The fourth-order valence-electron chi connectivity index (χ4n) is 2.56. The summed E-state index contributed by atoms with van der Waals surface area (Å²) in [5, 5.41) is 9.34. The summed E-state index contributed by atoms with van der Waals surface area (Å²) in [6.45, 7) is 0. The van der Waals surface area contributed by atoms with Crippen LogP contribution in [0.2, 0.25) is 0 Å². The number of rotatable bonds is 4. The van der Waals surface area contributed by atoms with Crippen LogP contribution in [0.4, 0.5) is 0 Å². The van der Waals surface area contributed by atoms with E-state index in [0.29, 0.717) is 22.6 Å². The van der Waals surface area contributed by atoms with Crippen molar-refractivity contribution in [2.75, 3.05) is 7.11 Å². The molecule has 0 spiro atoms. The highest BCUT2D eigenvalue weighted by Gasteiger charge is 2.13. The van der Waals surface area contributed by atoms with E-state index in [9.17, 15) is 14.7 Å². The molecule has 5 heteroatoms. The van der Waals surface area contributed by atoms with Gasteiger partial charge in [0.1, 0.15) is 5.75 Å². The molecule has 0 atom stereocenters. The van der Waals surface area contributed by atoms with Gasteiger partial charge < -0.3 is 14.8 Å². The van der Waals surface area contributed by atoms with Crippen LogP contribution in [0.3, 0.4) is 0 Å². The second-order valence-corrected chi connectivity index (χ2v) is 5.23. The van der Waals surface area contributed by atoms with Gasteiger partial charge in [0.25, 0.3) is 0 Å². The van der Waals surface area contributed by atoms with Crippen LogP contribution in [0.15, 0.2) is 65.5 Å². The quantitative estimate of drug-likeness (QED) is 0.772. The van der Waals surface area contributed by atoms with Gasteiger partial charge in [-0.25, -0.2) is 4.79 Å². The maximum absolute atomic E-state index is 12.1. The minimum atomic E-state index is -1.04. The molecule has 3 aromatic rings. The zero-order valence-corrected chi connectivity index (χ0v) is 12.9. The van der Waals surface area contributed by atoms with Gasteiger partial charge in [-0.1, -0.05) is 30.3 Å². The number of methoxy groups -OCH3 is 1. The molecule has 1 heterocycles. The zero-order chi connectivity index (χ0) is 17.1. The lowest BCUT2D eigenvalue weighted by atomic mass is 10.00. The van der Waals surface area contributed by atoms with Crippen molar-refractivity contribution in [1.82, 2.24) is 4.98 Å². The van der Waals surface area contributed by atoms with Crippen LogP contribution in [0.25, 0.3) is 22.4 Å². The van der Waals surface area contributed by atoms with E-state index < -0.39 is 5.97 Å². The second kappa shape index (κ2) is 6.42. The number of hydrogen-bond acceptors (Lipinski definition) is 3. The maximum atomic E-state index is 12.1. The van der Waals surface area contributed by atoms with E-state index in [1.807, 2.05) is 24.3 Å². The van der Waals surface area contributed by atoms with E-state index >= 15 is 0 Å². The van der Waals surface area contributed by atoms with Crippen LogP contribution in [0, 0.1) is 0 Å². The summed E-state index contributed by atoms with van der Waals surface area (Å²) in [7, 11) is 1.57. The molecule has 0 amide bonds. The number of pyridine rings is 1. The number of carbonyl (C=O) groups is 1. The first-order valence-electron chi connectivity index (χ1n) is 7.30. The Bertz CT molecular complexity index is 959. The predicted octanol–water partition coefficient (Wildman–Crippen LogP) is 3.42. The first kappa shape index (κ1) is 15.6. The minimum absolute atomic E-state index is 0.135. The largest absolute Gasteiger partial charge is 0.497 e. The molecular formula is C19H15NO4. The van der Waals surface area contributed by atoms with Crippen molar-refractivity contribution >= 4 is 5.97 Å². The van der Waals surface area contributed by atoms with Crippen LogP contribution in [-0.2, 0) is 0 Å². The Hall–Kier alpha value is -3.34. The molecule has 0 aliphatic carbocycles. The number of H-pyrrole nitrogens is 1. The van der Waals surface area contributed by atoms with Crippen molar-refractivity contribution in [2.24, 2.45) is 0 Å². The molecule has 0 radical (unpaired) electrons. The molecule has 0 saturated heterocycles. The molecule has 2 N–H and O–H groups in total. The summed E-state index contributed by atoms with van der Waals surface area (Å²) in [6.07, 6.45) is 0. The Balaban J connectivity index is 2.17. The van der Waals surface area contributed by atoms with Crippen LogP contribution in [0.5, 0.6) is 5.75 Å². The monoisotopic (exact) mass is 321 g/mol. The van der Waals surface area contributed by atoms with Crippen LogP contribution >= 0.6 is 0 Å². The number of carboxylic acid groups (broad SMARTS) is 1. The molecule has 1 aromatic heterocycles. The average Bonchev–Trinajstić information content (AvgIpc) is 2.61. The second-order valence-electron chi connectivity index (χ2n) is 5.23. The number of carboxylic acids is 1. The SMILES string of the molecule is COc1cccc(-c2cc(-c3ccccc3C(=O)O)[nH]c(=O)c2)c1. The highest BCUT2D eigenvalue weighted by molar-refractivity contribution is 5.95. The fraction of sp³-hybridized carbons (Fsp3) is 0.0526. The summed E-state index contributed by atoms with van der Waals surface area (Å²) in [5.74, 6) is -0.362. The smallest absolute Gasteiger partial charge is 0.336 e. The molecule has 24 heavy (non-hydrogen) atoms. The molecule has 2 aromatic carbocycles. The van der Waals surface area contributed by atoms with Crippen molar-refractivity contribution in [2.45, 2.75) is 0 Å². The first-order chi connectivity index (χ1) is 11.6. The lowest BCUT2D eigenvalue weighted by molar-refractivity contribution is 0.0697. The summed E-state index contributed by atoms with van der Waals surface area (Å²) in [5.41, 5.74) is 2.26. The Morgan fingerprint density at radius 3 is 2.54 bits per heavy atom. The average molecular weight is 321 g/mol. The van der Waals surface area contributed by atoms with Gasteiger partial charge >= 0.3 is 5.97 Å². The molecule has 0 fully saturated rings. The molecule has 120 valence electrons. The van der Waals surface area contributed by atoms with Crippen LogP contribution in [-0.4, -0.2) is 23.2 Å². The lowest BCUT2D eigenvalue weighted by Crippen LogP contribution is -2.08. The summed E-state index contributed by atoms with van der Waals surface area (Å²) in [6, 6.07) is 17.1. The van der Waals surface area contributed by atoms with Crippen LogP contribution in [0.1, 0.15) is 10.4 Å². The summed E-state index contributed by atoms with van der Waals surface area (Å²) < 4.78 is 5.21. The summed E-state index contributed by atoms with van der Waals surface area (Å²) >= 11 is 0. The third kappa shape index (κ3) is 3.05. The van der Waals surface area contributed by atoms with Gasteiger partial charge in [-0.05, 0) is 35.4 Å². The highest BCUT2D eigenvalue weighted by Crippen LogP contribution is 2.27. The van der Waals surface area contributed by atoms with E-state index in [2.05, 4.69) is 4.98 Å². The van der Waals surface area contributed by atoms with Gasteiger partial charge in [0.2, 0.25) is 5.56 Å². The van der Waals surface area contributed by atoms with Crippen molar-refractivity contribution in [3.63, 3.8) is 0 Å². The van der Waals surface area contributed by atoms with E-state index in [1.54, 1.807) is 31.4 Å². The minimum Gasteiger partial charge on any atom is -0.497 e. The molecule has 5 nitrogen and oxygen atoms in total. The Morgan fingerprint density at radius 2 is 1.79 bits per heavy atom. The van der Waals surface area contributed by atoms with Gasteiger partial charge in [-0.15, -0.1) is 0 Å². The highest BCUT2D eigenvalue weighted by atomic mass is 16.5. The van der Waals surface area contributed by atoms with Gasteiger partial charge in [0, 0.05) is 17.3 Å². The molecule has 0 unspecified atom stereocenters. The van der Waals surface area contributed by atoms with Gasteiger partial charge in [-0.3, -0.25) is 4.79 Å². The van der Waals surface area contributed by atoms with Crippen LogP contribution < -0.4 is 10.3 Å². The van der Waals surface area contributed by atoms with E-state index in [4.69, 9.17) is 4.74 Å². The standard InChI is InChI=1S/C19H15NO4/c1-24-14-6-4-5-12(9-14)13-10-17(20-18(21)11-13)15-7-2-3-8-16(15)19(22)23/h2-11H,1H3,(H,20,21)(H,22,23). The van der Waals surface area contributed by atoms with Gasteiger partial charge in [0.15, 0.2) is 0 Å². The fourth-order valence-corrected chi connectivity index (χ4v) is 2.56. The predicted molar refractivity (Wildman–Crippen MR) is 91.4 cm³/mol. The molecular weight excluding hydrogens is 306 g/mol.